The number of carbonyl (C=O) groups is 3. The topological polar surface area (TPSA) is 100 Å². The molecule has 0 spiro atoms. The van der Waals surface area contributed by atoms with Crippen LogP contribution in [0, 0.1) is 0 Å². The molecule has 185 valence electrons. The third kappa shape index (κ3) is 10.1. The van der Waals surface area contributed by atoms with E-state index >= 15 is 0 Å². The largest absolute Gasteiger partial charge is 0.478 e. The first-order chi connectivity index (χ1) is 16.6. The number of aromatic nitrogens is 1. The maximum Gasteiger partial charge on any atom is 0.410 e. The molecule has 0 unspecified atom stereocenters. The summed E-state index contributed by atoms with van der Waals surface area (Å²) in [6, 6.07) is 11.0. The molecule has 0 bridgehead atoms. The van der Waals surface area contributed by atoms with Gasteiger partial charge in [-0.1, -0.05) is 30.3 Å². The molecular formula is C27H31KN3O5. The molecule has 2 aromatic rings. The van der Waals surface area contributed by atoms with E-state index in [2.05, 4.69) is 9.88 Å². The quantitative estimate of drug-likeness (QED) is 0.340. The minimum absolute atomic E-state index is 0. The molecule has 1 aromatic heterocycles. The first kappa shape index (κ1) is 30.1. The second-order valence-corrected chi connectivity index (χ2v) is 9.33. The van der Waals surface area contributed by atoms with Crippen molar-refractivity contribution in [2.75, 3.05) is 26.2 Å². The van der Waals surface area contributed by atoms with E-state index in [9.17, 15) is 14.4 Å². The normalized spacial score (nSPS) is 14.6. The summed E-state index contributed by atoms with van der Waals surface area (Å²) in [5, 5.41) is 8.66. The van der Waals surface area contributed by atoms with Gasteiger partial charge in [-0.2, -0.15) is 0 Å². The number of ketones is 1. The van der Waals surface area contributed by atoms with Crippen LogP contribution in [0.3, 0.4) is 0 Å². The number of hydrogen-bond acceptors (Lipinski definition) is 6. The van der Waals surface area contributed by atoms with Crippen molar-refractivity contribution in [2.24, 2.45) is 0 Å². The molecule has 0 aliphatic carbocycles. The molecular weight excluding hydrogens is 485 g/mol. The Balaban J connectivity index is 0.00000456. The van der Waals surface area contributed by atoms with Crippen molar-refractivity contribution in [3.8, 4) is 0 Å². The summed E-state index contributed by atoms with van der Waals surface area (Å²) in [6.07, 6.45) is 6.91. The molecule has 1 amide bonds. The average Bonchev–Trinajstić information content (AvgIpc) is 2.81. The van der Waals surface area contributed by atoms with Gasteiger partial charge >= 0.3 is 12.1 Å². The Hall–Kier alpha value is -2.14. The Morgan fingerprint density at radius 3 is 2.19 bits per heavy atom. The molecule has 2 heterocycles. The molecule has 1 aliphatic rings. The fraction of sp³-hybridized carbons (Fsp3) is 0.333. The smallest absolute Gasteiger partial charge is 0.410 e. The Labute approximate surface area is 254 Å². The molecule has 1 saturated heterocycles. The van der Waals surface area contributed by atoms with Gasteiger partial charge in [0.1, 0.15) is 5.60 Å². The minimum Gasteiger partial charge on any atom is -0.478 e. The summed E-state index contributed by atoms with van der Waals surface area (Å²) in [5.41, 5.74) is 2.47. The summed E-state index contributed by atoms with van der Waals surface area (Å²) in [7, 11) is 0. The first-order valence-corrected chi connectivity index (χ1v) is 11.5. The summed E-state index contributed by atoms with van der Waals surface area (Å²) in [5.74, 6) is -1.15. The summed E-state index contributed by atoms with van der Waals surface area (Å²) in [6.45, 7) is 9.13. The van der Waals surface area contributed by atoms with E-state index in [1.165, 1.54) is 12.2 Å². The third-order valence-corrected chi connectivity index (χ3v) is 5.30. The van der Waals surface area contributed by atoms with Crippen molar-refractivity contribution < 1.29 is 24.2 Å². The maximum absolute atomic E-state index is 12.5. The van der Waals surface area contributed by atoms with E-state index in [0.29, 0.717) is 24.3 Å². The van der Waals surface area contributed by atoms with Crippen LogP contribution in [0.4, 0.5) is 4.79 Å². The number of hydrogen-bond donors (Lipinski definition) is 1. The van der Waals surface area contributed by atoms with E-state index < -0.39 is 11.6 Å². The number of amides is 1. The van der Waals surface area contributed by atoms with Gasteiger partial charge < -0.3 is 14.7 Å². The standard InChI is InChI=1S/C27H31N3O5.K/c1-27(2,3)35-26(34)30-16-14-29(15-17-30)19-21-4-8-22(9-5-21)24(31)12-7-20-6-10-23(28-18-20)11-13-25(32)33;/h4-13,18H,14-17,19H2,1-3H3,(H,32,33);/b12-7+,13-11+;. The summed E-state index contributed by atoms with van der Waals surface area (Å²) >= 11 is 0. The monoisotopic (exact) mass is 516 g/mol. The van der Waals surface area contributed by atoms with Crippen LogP contribution in [0.5, 0.6) is 0 Å². The molecule has 1 fully saturated rings. The number of carboxylic acids is 1. The van der Waals surface area contributed by atoms with Crippen LogP contribution < -0.4 is 0 Å². The fourth-order valence-corrected chi connectivity index (χ4v) is 3.49. The molecule has 9 heteroatoms. The number of allylic oxidation sites excluding steroid dienone is 1. The van der Waals surface area contributed by atoms with Crippen LogP contribution in [0.15, 0.2) is 54.7 Å². The van der Waals surface area contributed by atoms with Gasteiger partial charge in [-0.3, -0.25) is 14.7 Å². The number of aliphatic carboxylic acids is 1. The number of ether oxygens (including phenoxy) is 1. The zero-order chi connectivity index (χ0) is 25.4. The van der Waals surface area contributed by atoms with Gasteiger partial charge in [0, 0.05) is 102 Å². The van der Waals surface area contributed by atoms with Crippen molar-refractivity contribution in [2.45, 2.75) is 32.9 Å². The van der Waals surface area contributed by atoms with Crippen molar-refractivity contribution in [3.63, 3.8) is 0 Å². The second-order valence-electron chi connectivity index (χ2n) is 9.33. The van der Waals surface area contributed by atoms with Gasteiger partial charge in [0.15, 0.2) is 5.78 Å². The molecule has 36 heavy (non-hydrogen) atoms. The number of nitrogens with zero attached hydrogens (tertiary/aromatic N) is 3. The van der Waals surface area contributed by atoms with Crippen molar-refractivity contribution in [1.82, 2.24) is 14.8 Å². The Kier molecular flexibility index (Phi) is 11.7. The van der Waals surface area contributed by atoms with Gasteiger partial charge in [-0.15, -0.1) is 0 Å². The first-order valence-electron chi connectivity index (χ1n) is 11.5. The van der Waals surface area contributed by atoms with E-state index in [0.717, 1.165) is 36.8 Å². The number of rotatable bonds is 7. The average molecular weight is 517 g/mol. The van der Waals surface area contributed by atoms with E-state index in [-0.39, 0.29) is 63.3 Å². The fourth-order valence-electron chi connectivity index (χ4n) is 3.49. The predicted molar refractivity (Wildman–Crippen MR) is 140 cm³/mol. The molecule has 0 atom stereocenters. The predicted octanol–water partition coefficient (Wildman–Crippen LogP) is 3.75. The number of carboxylic acid groups (broad SMARTS) is 1. The van der Waals surface area contributed by atoms with E-state index in [1.54, 1.807) is 29.3 Å². The molecule has 1 N–H and O–H groups in total. The van der Waals surface area contributed by atoms with Crippen molar-refractivity contribution in [1.29, 1.82) is 0 Å². The van der Waals surface area contributed by atoms with Crippen LogP contribution in [0.2, 0.25) is 0 Å². The number of carbonyl (C=O) groups excluding carboxylic acids is 2. The van der Waals surface area contributed by atoms with E-state index in [1.807, 2.05) is 45.0 Å². The molecule has 3 rings (SSSR count). The molecule has 0 saturated carbocycles. The van der Waals surface area contributed by atoms with Gasteiger partial charge in [0.25, 0.3) is 0 Å². The minimum atomic E-state index is -1.03. The Bertz CT molecular complexity index is 1100. The van der Waals surface area contributed by atoms with Gasteiger partial charge in [0.05, 0.1) is 5.69 Å². The van der Waals surface area contributed by atoms with Crippen LogP contribution in [-0.4, -0.2) is 121 Å². The number of piperazine rings is 1. The third-order valence-electron chi connectivity index (χ3n) is 5.30. The second kappa shape index (κ2) is 14.0. The van der Waals surface area contributed by atoms with Gasteiger partial charge in [-0.05, 0) is 56.2 Å². The van der Waals surface area contributed by atoms with Crippen LogP contribution >= 0.6 is 0 Å². The SMILES string of the molecule is CC(C)(C)OC(=O)N1CCN(Cc2ccc(C(=O)/C=C/c3ccc(/C=C/C(=O)O)nc3)cc2)CC1.[K]. The number of pyridine rings is 1. The van der Waals surface area contributed by atoms with Crippen molar-refractivity contribution >= 4 is 81.4 Å². The summed E-state index contributed by atoms with van der Waals surface area (Å²) < 4.78 is 5.44. The molecule has 1 aromatic carbocycles. The zero-order valence-corrected chi connectivity index (χ0v) is 24.4. The van der Waals surface area contributed by atoms with Gasteiger partial charge in [-0.25, -0.2) is 9.59 Å². The molecule has 8 nitrogen and oxygen atoms in total. The van der Waals surface area contributed by atoms with Crippen LogP contribution in [-0.2, 0) is 16.1 Å². The molecule has 1 aliphatic heterocycles. The Morgan fingerprint density at radius 1 is 0.972 bits per heavy atom. The number of benzene rings is 1. The van der Waals surface area contributed by atoms with Crippen molar-refractivity contribution in [3.05, 3.63) is 77.1 Å². The summed E-state index contributed by atoms with van der Waals surface area (Å²) in [4.78, 5) is 43.5. The zero-order valence-electron chi connectivity index (χ0n) is 21.3. The molecule has 1 radical (unpaired) electrons. The Morgan fingerprint density at radius 2 is 1.64 bits per heavy atom. The van der Waals surface area contributed by atoms with Crippen LogP contribution in [0.1, 0.15) is 48.0 Å². The van der Waals surface area contributed by atoms with Crippen LogP contribution in [0.25, 0.3) is 12.2 Å². The maximum atomic E-state index is 12.5. The van der Waals surface area contributed by atoms with Gasteiger partial charge in [0.2, 0.25) is 0 Å². The van der Waals surface area contributed by atoms with E-state index in [4.69, 9.17) is 9.84 Å².